The number of aliphatic hydroxyl groups is 3. The van der Waals surface area contributed by atoms with E-state index in [0.717, 1.165) is 0 Å². The van der Waals surface area contributed by atoms with Crippen LogP contribution in [0.1, 0.15) is 5.69 Å². The van der Waals surface area contributed by atoms with Crippen LogP contribution in [0.5, 0.6) is 5.88 Å². The number of benzene rings is 1. The van der Waals surface area contributed by atoms with Crippen molar-refractivity contribution in [3.63, 3.8) is 0 Å². The van der Waals surface area contributed by atoms with Crippen LogP contribution < -0.4 is 39.4 Å². The Kier molecular flexibility index (Phi) is 6.80. The molecule has 1 aromatic heterocycles. The number of carboxylic acids is 1. The van der Waals surface area contributed by atoms with Crippen molar-refractivity contribution in [2.24, 2.45) is 0 Å². The molecular weight excluding hydrogens is 355 g/mol. The summed E-state index contributed by atoms with van der Waals surface area (Å²) in [5.74, 6) is -1.55. The van der Waals surface area contributed by atoms with Crippen molar-refractivity contribution in [2.75, 3.05) is 0 Å². The first-order chi connectivity index (χ1) is 11.9. The summed E-state index contributed by atoms with van der Waals surface area (Å²) in [5, 5.41) is 44.9. The van der Waals surface area contributed by atoms with Gasteiger partial charge < -0.3 is 34.7 Å². The molecular formula is C16H17N2NaO7. The number of carboxylic acid groups (broad SMARTS) is 1. The second kappa shape index (κ2) is 8.49. The first-order valence-electron chi connectivity index (χ1n) is 7.57. The van der Waals surface area contributed by atoms with E-state index in [2.05, 4.69) is 5.10 Å². The average molecular weight is 372 g/mol. The normalized spacial score (nSPS) is 28.2. The van der Waals surface area contributed by atoms with Crippen molar-refractivity contribution in [2.45, 2.75) is 37.6 Å². The first kappa shape index (κ1) is 20.8. The van der Waals surface area contributed by atoms with Gasteiger partial charge in [-0.1, -0.05) is 18.2 Å². The van der Waals surface area contributed by atoms with Gasteiger partial charge in [0.2, 0.25) is 12.2 Å². The van der Waals surface area contributed by atoms with Gasteiger partial charge in [0, 0.05) is 6.07 Å². The van der Waals surface area contributed by atoms with E-state index >= 15 is 0 Å². The molecule has 0 amide bonds. The van der Waals surface area contributed by atoms with Gasteiger partial charge in [0.05, 0.1) is 17.4 Å². The van der Waals surface area contributed by atoms with Crippen molar-refractivity contribution >= 4 is 5.97 Å². The maximum atomic E-state index is 11.0. The smallest absolute Gasteiger partial charge is 0.547 e. The number of hydrogen-bond donors (Lipinski definition) is 3. The molecule has 10 heteroatoms. The number of aryl methyl sites for hydroxylation is 1. The van der Waals surface area contributed by atoms with Crippen LogP contribution in [0.3, 0.4) is 0 Å². The molecule has 0 aliphatic carbocycles. The quantitative estimate of drug-likeness (QED) is 0.455. The minimum Gasteiger partial charge on any atom is -0.547 e. The Labute approximate surface area is 171 Å². The van der Waals surface area contributed by atoms with Crippen LogP contribution in [0.2, 0.25) is 0 Å². The second-order valence-corrected chi connectivity index (χ2v) is 5.71. The Balaban J connectivity index is 0.00000243. The summed E-state index contributed by atoms with van der Waals surface area (Å²) in [6, 6.07) is 10.5. The summed E-state index contributed by atoms with van der Waals surface area (Å²) in [7, 11) is 0. The number of carbonyl (C=O) groups is 1. The Morgan fingerprint density at radius 2 is 1.85 bits per heavy atom. The number of aromatic nitrogens is 2. The molecule has 0 radical (unpaired) electrons. The van der Waals surface area contributed by atoms with Gasteiger partial charge in [-0.3, -0.25) is 0 Å². The van der Waals surface area contributed by atoms with Crippen molar-refractivity contribution in [1.82, 2.24) is 9.78 Å². The molecule has 0 bridgehead atoms. The van der Waals surface area contributed by atoms with E-state index in [-0.39, 0.29) is 35.4 Å². The Morgan fingerprint density at radius 1 is 1.19 bits per heavy atom. The van der Waals surface area contributed by atoms with Crippen LogP contribution in [0.25, 0.3) is 5.69 Å². The average Bonchev–Trinajstić information content (AvgIpc) is 2.96. The molecule has 0 spiro atoms. The third kappa shape index (κ3) is 4.09. The number of hydrogen-bond acceptors (Lipinski definition) is 8. The predicted octanol–water partition coefficient (Wildman–Crippen LogP) is -4.88. The number of aliphatic carboxylic acids is 1. The zero-order chi connectivity index (χ0) is 18.1. The number of ether oxygens (including phenoxy) is 2. The largest absolute Gasteiger partial charge is 1.00 e. The fraction of sp³-hybridized carbons (Fsp3) is 0.375. The van der Waals surface area contributed by atoms with E-state index in [1.54, 1.807) is 37.3 Å². The summed E-state index contributed by atoms with van der Waals surface area (Å²) in [6.45, 7) is 1.73. The van der Waals surface area contributed by atoms with Crippen molar-refractivity contribution in [3.8, 4) is 11.6 Å². The maximum Gasteiger partial charge on any atom is 1.00 e. The number of para-hydroxylation sites is 1. The summed E-state index contributed by atoms with van der Waals surface area (Å²) >= 11 is 0. The SMILES string of the molecule is Cc1cc(O[C@@H]2O[C@H](C(=O)[O-])[C@@H](O)[C@H](O)[C@H]2O)n(-c2ccccc2)n1.[Na+]. The van der Waals surface area contributed by atoms with Crippen LogP contribution in [0, 0.1) is 6.92 Å². The molecule has 1 aliphatic rings. The van der Waals surface area contributed by atoms with Crippen LogP contribution in [-0.2, 0) is 9.53 Å². The molecule has 0 saturated carbocycles. The molecule has 1 saturated heterocycles. The number of rotatable bonds is 4. The Morgan fingerprint density at radius 3 is 2.46 bits per heavy atom. The van der Waals surface area contributed by atoms with Crippen molar-refractivity contribution in [3.05, 3.63) is 42.1 Å². The monoisotopic (exact) mass is 372 g/mol. The molecule has 3 N–H and O–H groups in total. The van der Waals surface area contributed by atoms with Crippen LogP contribution in [-0.4, -0.2) is 61.8 Å². The Bertz CT molecular complexity index is 754. The molecule has 0 unspecified atom stereocenters. The molecule has 3 rings (SSSR count). The van der Waals surface area contributed by atoms with E-state index in [0.29, 0.717) is 11.4 Å². The summed E-state index contributed by atoms with van der Waals surface area (Å²) < 4.78 is 12.0. The van der Waals surface area contributed by atoms with Gasteiger partial charge in [-0.05, 0) is 19.1 Å². The predicted molar refractivity (Wildman–Crippen MR) is 80.6 cm³/mol. The van der Waals surface area contributed by atoms with E-state index in [1.807, 2.05) is 6.07 Å². The van der Waals surface area contributed by atoms with Crippen LogP contribution in [0.15, 0.2) is 36.4 Å². The molecule has 5 atom stereocenters. The van der Waals surface area contributed by atoms with Gasteiger partial charge in [0.25, 0.3) is 0 Å². The van der Waals surface area contributed by atoms with E-state index < -0.39 is 36.7 Å². The van der Waals surface area contributed by atoms with Gasteiger partial charge in [0.15, 0.2) is 0 Å². The van der Waals surface area contributed by atoms with E-state index in [1.165, 1.54) is 4.68 Å². The molecule has 1 aliphatic heterocycles. The molecule has 1 aromatic carbocycles. The number of aliphatic hydroxyl groups excluding tert-OH is 3. The van der Waals surface area contributed by atoms with Gasteiger partial charge in [-0.25, -0.2) is 4.68 Å². The number of nitrogens with zero attached hydrogens (tertiary/aromatic N) is 2. The molecule has 9 nitrogen and oxygen atoms in total. The molecule has 2 heterocycles. The standard InChI is InChI=1S/C16H18N2O7.Na/c1-8-7-10(18(17-8)9-5-3-2-4-6-9)24-16-13(21)11(19)12(20)14(25-16)15(22)23;/h2-7,11-14,16,19-21H,1H3,(H,22,23);/q;+1/p-1/t11-,12-,13+,14-,16+;/m0./s1. The molecule has 1 fully saturated rings. The summed E-state index contributed by atoms with van der Waals surface area (Å²) in [6.07, 6.45) is -8.63. The van der Waals surface area contributed by atoms with Crippen molar-refractivity contribution < 1.29 is 64.3 Å². The van der Waals surface area contributed by atoms with E-state index in [9.17, 15) is 25.2 Å². The molecule has 2 aromatic rings. The van der Waals surface area contributed by atoms with Crippen LogP contribution >= 0.6 is 0 Å². The van der Waals surface area contributed by atoms with E-state index in [4.69, 9.17) is 9.47 Å². The number of carbonyl (C=O) groups excluding carboxylic acids is 1. The zero-order valence-corrected chi connectivity index (χ0v) is 16.2. The first-order valence-corrected chi connectivity index (χ1v) is 7.57. The summed E-state index contributed by atoms with van der Waals surface area (Å²) in [4.78, 5) is 11.0. The topological polar surface area (TPSA) is 137 Å². The Hall–Kier alpha value is -1.46. The van der Waals surface area contributed by atoms with Gasteiger partial charge in [-0.2, -0.15) is 5.10 Å². The minimum atomic E-state index is -1.84. The van der Waals surface area contributed by atoms with Gasteiger partial charge >= 0.3 is 29.6 Å². The third-order valence-electron chi connectivity index (χ3n) is 3.84. The minimum absolute atomic E-state index is 0. The zero-order valence-electron chi connectivity index (χ0n) is 14.2. The van der Waals surface area contributed by atoms with Crippen LogP contribution in [0.4, 0.5) is 0 Å². The molecule has 26 heavy (non-hydrogen) atoms. The fourth-order valence-electron chi connectivity index (χ4n) is 2.57. The van der Waals surface area contributed by atoms with Gasteiger partial charge in [0.1, 0.15) is 24.4 Å². The fourth-order valence-corrected chi connectivity index (χ4v) is 2.57. The van der Waals surface area contributed by atoms with Crippen molar-refractivity contribution in [1.29, 1.82) is 0 Å². The maximum absolute atomic E-state index is 11.0. The summed E-state index contributed by atoms with van der Waals surface area (Å²) in [5.41, 5.74) is 1.29. The second-order valence-electron chi connectivity index (χ2n) is 5.71. The molecule has 134 valence electrons. The van der Waals surface area contributed by atoms with Gasteiger partial charge in [-0.15, -0.1) is 0 Å². The third-order valence-corrected chi connectivity index (χ3v) is 3.84.